The molecule has 1 N–H and O–H groups in total. The van der Waals surface area contributed by atoms with Gasteiger partial charge in [-0.3, -0.25) is 0 Å². The first-order valence-electron chi connectivity index (χ1n) is 6.04. The molecule has 0 aliphatic carbocycles. The normalized spacial score (nSPS) is 21.1. The second-order valence-corrected chi connectivity index (χ2v) is 4.74. The van der Waals surface area contributed by atoms with E-state index in [9.17, 15) is 0 Å². The lowest BCUT2D eigenvalue weighted by molar-refractivity contribution is 0.399. The van der Waals surface area contributed by atoms with E-state index >= 15 is 0 Å². The van der Waals surface area contributed by atoms with Crippen molar-refractivity contribution >= 4 is 11.5 Å². The van der Waals surface area contributed by atoms with Crippen LogP contribution in [-0.2, 0) is 0 Å². The largest absolute Gasteiger partial charge is 0.370 e. The van der Waals surface area contributed by atoms with Gasteiger partial charge < -0.3 is 10.2 Å². The minimum absolute atomic E-state index is 0.739. The van der Waals surface area contributed by atoms with Crippen LogP contribution in [0.5, 0.6) is 0 Å². The van der Waals surface area contributed by atoms with Crippen molar-refractivity contribution in [2.24, 2.45) is 5.92 Å². The van der Waals surface area contributed by atoms with Crippen LogP contribution in [0.15, 0.2) is 24.5 Å². The van der Waals surface area contributed by atoms with Crippen molar-refractivity contribution in [3.8, 4) is 0 Å². The van der Waals surface area contributed by atoms with Crippen LogP contribution >= 0.6 is 0 Å². The highest BCUT2D eigenvalue weighted by Gasteiger charge is 2.18. The van der Waals surface area contributed by atoms with E-state index in [1.54, 1.807) is 10.7 Å². The van der Waals surface area contributed by atoms with Gasteiger partial charge in [0.05, 0.1) is 6.20 Å². The molecule has 1 saturated heterocycles. The molecule has 0 radical (unpaired) electrons. The molecule has 2 aromatic heterocycles. The first-order chi connectivity index (χ1) is 8.31. The Morgan fingerprint density at radius 3 is 3.24 bits per heavy atom. The summed E-state index contributed by atoms with van der Waals surface area (Å²) >= 11 is 0. The smallest absolute Gasteiger partial charge is 0.157 e. The van der Waals surface area contributed by atoms with Gasteiger partial charge in [-0.1, -0.05) is 0 Å². The summed E-state index contributed by atoms with van der Waals surface area (Å²) in [5.74, 6) is 1.68. The van der Waals surface area contributed by atoms with Crippen molar-refractivity contribution in [2.75, 3.05) is 32.0 Å². The van der Waals surface area contributed by atoms with E-state index in [1.807, 2.05) is 18.3 Å². The molecule has 5 heteroatoms. The molecule has 0 amide bonds. The number of fused-ring (bicyclic) bond motifs is 1. The van der Waals surface area contributed by atoms with Crippen LogP contribution in [0.2, 0.25) is 0 Å². The molecule has 0 spiro atoms. The monoisotopic (exact) mass is 231 g/mol. The molecule has 3 rings (SSSR count). The van der Waals surface area contributed by atoms with E-state index in [2.05, 4.69) is 27.3 Å². The van der Waals surface area contributed by atoms with Crippen LogP contribution in [0, 0.1) is 5.92 Å². The van der Waals surface area contributed by atoms with Crippen molar-refractivity contribution in [3.05, 3.63) is 24.5 Å². The molecule has 3 heterocycles. The zero-order valence-electron chi connectivity index (χ0n) is 10.0. The Labute approximate surface area is 100 Å². The first-order valence-corrected chi connectivity index (χ1v) is 6.04. The van der Waals surface area contributed by atoms with Gasteiger partial charge in [0.1, 0.15) is 5.82 Å². The first kappa shape index (κ1) is 10.5. The molecule has 0 aromatic carbocycles. The van der Waals surface area contributed by atoms with Crippen LogP contribution in [0.1, 0.15) is 6.42 Å². The van der Waals surface area contributed by atoms with Gasteiger partial charge in [-0.2, -0.15) is 5.10 Å². The maximum absolute atomic E-state index is 4.49. The van der Waals surface area contributed by atoms with Gasteiger partial charge in [0.15, 0.2) is 5.65 Å². The predicted octanol–water partition coefficient (Wildman–Crippen LogP) is 1.09. The Bertz CT molecular complexity index is 506. The number of nitrogens with one attached hydrogen (secondary N) is 1. The Morgan fingerprint density at radius 1 is 1.47 bits per heavy atom. The molecular weight excluding hydrogens is 214 g/mol. The molecule has 0 bridgehead atoms. The average molecular weight is 231 g/mol. The zero-order chi connectivity index (χ0) is 11.7. The van der Waals surface area contributed by atoms with Crippen molar-refractivity contribution in [2.45, 2.75) is 6.42 Å². The number of rotatable bonds is 3. The van der Waals surface area contributed by atoms with E-state index < -0.39 is 0 Å². The lowest BCUT2D eigenvalue weighted by Gasteiger charge is -2.12. The maximum atomic E-state index is 4.49. The van der Waals surface area contributed by atoms with Gasteiger partial charge in [-0.05, 0) is 32.0 Å². The van der Waals surface area contributed by atoms with Gasteiger partial charge in [-0.15, -0.1) is 0 Å². The molecule has 90 valence electrons. The molecule has 0 saturated carbocycles. The van der Waals surface area contributed by atoms with Gasteiger partial charge >= 0.3 is 0 Å². The van der Waals surface area contributed by atoms with Crippen LogP contribution in [0.4, 0.5) is 5.82 Å². The second kappa shape index (κ2) is 4.33. The molecule has 5 nitrogen and oxygen atoms in total. The summed E-state index contributed by atoms with van der Waals surface area (Å²) in [5.41, 5.74) is 0.888. The van der Waals surface area contributed by atoms with Crippen LogP contribution in [-0.4, -0.2) is 46.2 Å². The maximum Gasteiger partial charge on any atom is 0.157 e. The molecule has 1 aliphatic heterocycles. The lowest BCUT2D eigenvalue weighted by Crippen LogP contribution is -2.19. The Morgan fingerprint density at radius 2 is 2.41 bits per heavy atom. The van der Waals surface area contributed by atoms with E-state index in [0.29, 0.717) is 0 Å². The van der Waals surface area contributed by atoms with Gasteiger partial charge in [0.2, 0.25) is 0 Å². The summed E-state index contributed by atoms with van der Waals surface area (Å²) in [6.45, 7) is 3.39. The van der Waals surface area contributed by atoms with Crippen molar-refractivity contribution in [1.82, 2.24) is 19.5 Å². The lowest BCUT2D eigenvalue weighted by atomic mass is 10.1. The predicted molar refractivity (Wildman–Crippen MR) is 67.1 cm³/mol. The Balaban J connectivity index is 1.64. The van der Waals surface area contributed by atoms with Crippen molar-refractivity contribution in [3.63, 3.8) is 0 Å². The summed E-state index contributed by atoms with van der Waals surface area (Å²) in [4.78, 5) is 6.87. The summed E-state index contributed by atoms with van der Waals surface area (Å²) in [6.07, 6.45) is 4.97. The van der Waals surface area contributed by atoms with Gasteiger partial charge in [0.25, 0.3) is 0 Å². The molecular formula is C12H17N5. The summed E-state index contributed by atoms with van der Waals surface area (Å²) in [5, 5.41) is 7.54. The van der Waals surface area contributed by atoms with E-state index in [0.717, 1.165) is 23.9 Å². The highest BCUT2D eigenvalue weighted by molar-refractivity contribution is 5.45. The number of hydrogen-bond donors (Lipinski definition) is 1. The summed E-state index contributed by atoms with van der Waals surface area (Å²) < 4.78 is 1.77. The van der Waals surface area contributed by atoms with Crippen molar-refractivity contribution in [1.29, 1.82) is 0 Å². The quantitative estimate of drug-likeness (QED) is 0.859. The molecule has 1 unspecified atom stereocenters. The Kier molecular flexibility index (Phi) is 2.68. The molecule has 17 heavy (non-hydrogen) atoms. The third-order valence-corrected chi connectivity index (χ3v) is 3.32. The number of likely N-dealkylation sites (tertiary alicyclic amines) is 1. The SMILES string of the molecule is CN1CCC(CNc2ccn3nccc3n2)C1. The fraction of sp³-hybridized carbons (Fsp3) is 0.500. The third-order valence-electron chi connectivity index (χ3n) is 3.32. The topological polar surface area (TPSA) is 45.5 Å². The standard InChI is InChI=1S/C12H17N5/c1-16-6-3-10(9-16)8-13-11-4-7-17-12(15-11)2-5-14-17/h2,4-5,7,10H,3,6,8-9H2,1H3,(H,13,15). The Hall–Kier alpha value is -1.62. The summed E-state index contributed by atoms with van der Waals surface area (Å²) in [7, 11) is 2.18. The number of nitrogens with zero attached hydrogens (tertiary/aromatic N) is 4. The second-order valence-electron chi connectivity index (χ2n) is 4.74. The van der Waals surface area contributed by atoms with Crippen molar-refractivity contribution < 1.29 is 0 Å². The minimum Gasteiger partial charge on any atom is -0.370 e. The minimum atomic E-state index is 0.739. The van der Waals surface area contributed by atoms with E-state index in [1.165, 1.54) is 19.5 Å². The number of hydrogen-bond acceptors (Lipinski definition) is 4. The van der Waals surface area contributed by atoms with Crippen LogP contribution in [0.3, 0.4) is 0 Å². The van der Waals surface area contributed by atoms with Crippen LogP contribution < -0.4 is 5.32 Å². The summed E-state index contributed by atoms with van der Waals surface area (Å²) in [6, 6.07) is 3.88. The fourth-order valence-corrected chi connectivity index (χ4v) is 2.35. The molecule has 2 aromatic rings. The highest BCUT2D eigenvalue weighted by atomic mass is 15.2. The number of anilines is 1. The van der Waals surface area contributed by atoms with E-state index in [-0.39, 0.29) is 0 Å². The van der Waals surface area contributed by atoms with Gasteiger partial charge in [-0.25, -0.2) is 9.50 Å². The molecule has 1 atom stereocenters. The fourth-order valence-electron chi connectivity index (χ4n) is 2.35. The van der Waals surface area contributed by atoms with E-state index in [4.69, 9.17) is 0 Å². The number of aromatic nitrogens is 3. The molecule has 1 aliphatic rings. The molecule has 1 fully saturated rings. The average Bonchev–Trinajstić information content (AvgIpc) is 2.94. The third kappa shape index (κ3) is 2.24. The highest BCUT2D eigenvalue weighted by Crippen LogP contribution is 2.15. The zero-order valence-corrected chi connectivity index (χ0v) is 10.0. The van der Waals surface area contributed by atoms with Crippen LogP contribution in [0.25, 0.3) is 5.65 Å². The van der Waals surface area contributed by atoms with Gasteiger partial charge in [0, 0.05) is 25.4 Å².